The summed E-state index contributed by atoms with van der Waals surface area (Å²) in [5.41, 5.74) is 5.97. The Bertz CT molecular complexity index is 289. The lowest BCUT2D eigenvalue weighted by molar-refractivity contribution is -0.153. The molecule has 1 amide bonds. The Balaban J connectivity index is 1.93. The summed E-state index contributed by atoms with van der Waals surface area (Å²) in [5, 5.41) is 0. The second-order valence-electron chi connectivity index (χ2n) is 5.03. The van der Waals surface area contributed by atoms with Crippen LogP contribution in [-0.4, -0.2) is 48.9 Å². The van der Waals surface area contributed by atoms with Crippen molar-refractivity contribution in [2.24, 2.45) is 11.7 Å². The minimum atomic E-state index is -0.537. The number of nitrogens with two attached hydrogens (primary N) is 1. The summed E-state index contributed by atoms with van der Waals surface area (Å²) in [6.45, 7) is 6.52. The zero-order valence-corrected chi connectivity index (χ0v) is 10.6. The van der Waals surface area contributed by atoms with Crippen molar-refractivity contribution in [2.75, 3.05) is 26.3 Å². The van der Waals surface area contributed by atoms with Crippen molar-refractivity contribution in [1.82, 2.24) is 4.90 Å². The van der Waals surface area contributed by atoms with Crippen LogP contribution in [0.1, 0.15) is 26.7 Å². The van der Waals surface area contributed by atoms with Gasteiger partial charge in [-0.3, -0.25) is 4.79 Å². The summed E-state index contributed by atoms with van der Waals surface area (Å²) in [4.78, 5) is 14.0. The molecule has 0 aromatic carbocycles. The van der Waals surface area contributed by atoms with E-state index in [-0.39, 0.29) is 11.8 Å². The summed E-state index contributed by atoms with van der Waals surface area (Å²) < 4.78 is 11.2. The smallest absolute Gasteiger partial charge is 0.239 e. The number of carbonyl (C=O) groups excluding carboxylic acids is 1. The van der Waals surface area contributed by atoms with E-state index in [1.165, 1.54) is 0 Å². The van der Waals surface area contributed by atoms with Gasteiger partial charge >= 0.3 is 0 Å². The first-order valence-corrected chi connectivity index (χ1v) is 6.40. The third-order valence-corrected chi connectivity index (χ3v) is 3.86. The standard InChI is InChI=1S/C12H22N2O3/c1-3-9(2)10(13)11(15)14-5-4-12(8-14)16-6-7-17-12/h9-10H,3-8,13H2,1-2H3/t9-,10-/m0/s1. The first kappa shape index (κ1) is 12.8. The van der Waals surface area contributed by atoms with E-state index in [1.807, 2.05) is 13.8 Å². The van der Waals surface area contributed by atoms with Crippen molar-refractivity contribution in [3.8, 4) is 0 Å². The fourth-order valence-corrected chi connectivity index (χ4v) is 2.38. The molecule has 2 rings (SSSR count). The highest BCUT2D eigenvalue weighted by molar-refractivity contribution is 5.82. The van der Waals surface area contributed by atoms with E-state index >= 15 is 0 Å². The molecule has 0 aromatic rings. The summed E-state index contributed by atoms with van der Waals surface area (Å²) in [6.07, 6.45) is 1.67. The Morgan fingerprint density at radius 2 is 2.12 bits per heavy atom. The van der Waals surface area contributed by atoms with E-state index in [0.29, 0.717) is 26.3 Å². The molecule has 2 N–H and O–H groups in total. The lowest BCUT2D eigenvalue weighted by Gasteiger charge is -2.26. The maximum Gasteiger partial charge on any atom is 0.239 e. The second kappa shape index (κ2) is 4.92. The maximum atomic E-state index is 12.2. The van der Waals surface area contributed by atoms with E-state index in [2.05, 4.69) is 0 Å². The van der Waals surface area contributed by atoms with Crippen molar-refractivity contribution in [3.05, 3.63) is 0 Å². The van der Waals surface area contributed by atoms with Crippen LogP contribution < -0.4 is 5.73 Å². The molecule has 0 unspecified atom stereocenters. The van der Waals surface area contributed by atoms with Gasteiger partial charge in [0.05, 0.1) is 25.8 Å². The Morgan fingerprint density at radius 3 is 2.71 bits per heavy atom. The topological polar surface area (TPSA) is 64.8 Å². The summed E-state index contributed by atoms with van der Waals surface area (Å²) in [7, 11) is 0. The van der Waals surface area contributed by atoms with Gasteiger partial charge in [0.1, 0.15) is 0 Å². The third-order valence-electron chi connectivity index (χ3n) is 3.86. The summed E-state index contributed by atoms with van der Waals surface area (Å²) >= 11 is 0. The number of amides is 1. The highest BCUT2D eigenvalue weighted by Gasteiger charge is 2.45. The third kappa shape index (κ3) is 2.46. The molecule has 2 fully saturated rings. The molecule has 5 nitrogen and oxygen atoms in total. The minimum Gasteiger partial charge on any atom is -0.346 e. The van der Waals surface area contributed by atoms with Crippen LogP contribution in [0.4, 0.5) is 0 Å². The Morgan fingerprint density at radius 1 is 1.47 bits per heavy atom. The molecule has 0 bridgehead atoms. The van der Waals surface area contributed by atoms with Crippen molar-refractivity contribution < 1.29 is 14.3 Å². The number of likely N-dealkylation sites (tertiary alicyclic amines) is 1. The van der Waals surface area contributed by atoms with Crippen molar-refractivity contribution in [2.45, 2.75) is 38.5 Å². The SMILES string of the molecule is CC[C@H](C)[C@H](N)C(=O)N1CCC2(C1)OCCO2. The van der Waals surface area contributed by atoms with Crippen LogP contribution in [0.15, 0.2) is 0 Å². The van der Waals surface area contributed by atoms with Crippen molar-refractivity contribution in [3.63, 3.8) is 0 Å². The number of hydrogen-bond acceptors (Lipinski definition) is 4. The lowest BCUT2D eigenvalue weighted by Crippen LogP contribution is -2.47. The number of rotatable bonds is 3. The predicted octanol–water partition coefficient (Wildman–Crippen LogP) is 0.335. The zero-order valence-electron chi connectivity index (χ0n) is 10.6. The number of hydrogen-bond donors (Lipinski definition) is 1. The molecule has 0 aliphatic carbocycles. The Kier molecular flexibility index (Phi) is 3.70. The van der Waals surface area contributed by atoms with Crippen LogP contribution in [0, 0.1) is 5.92 Å². The van der Waals surface area contributed by atoms with E-state index in [9.17, 15) is 4.79 Å². The fraction of sp³-hybridized carbons (Fsp3) is 0.917. The van der Waals surface area contributed by atoms with Crippen LogP contribution in [0.5, 0.6) is 0 Å². The van der Waals surface area contributed by atoms with Crippen LogP contribution in [0.25, 0.3) is 0 Å². The van der Waals surface area contributed by atoms with Gasteiger partial charge in [0, 0.05) is 13.0 Å². The van der Waals surface area contributed by atoms with Crippen molar-refractivity contribution in [1.29, 1.82) is 0 Å². The molecule has 17 heavy (non-hydrogen) atoms. The summed E-state index contributed by atoms with van der Waals surface area (Å²) in [6, 6.07) is -0.406. The van der Waals surface area contributed by atoms with E-state index in [0.717, 1.165) is 12.8 Å². The van der Waals surface area contributed by atoms with E-state index in [1.54, 1.807) is 4.90 Å². The fourth-order valence-electron chi connectivity index (χ4n) is 2.38. The normalized spacial score (nSPS) is 26.4. The molecule has 0 saturated carbocycles. The molecule has 2 aliphatic rings. The van der Waals surface area contributed by atoms with Crippen LogP contribution in [0.3, 0.4) is 0 Å². The van der Waals surface area contributed by atoms with E-state index in [4.69, 9.17) is 15.2 Å². The second-order valence-corrected chi connectivity index (χ2v) is 5.03. The molecule has 2 atom stereocenters. The molecule has 0 radical (unpaired) electrons. The highest BCUT2D eigenvalue weighted by atomic mass is 16.7. The molecule has 2 heterocycles. The van der Waals surface area contributed by atoms with Gasteiger partial charge in [-0.15, -0.1) is 0 Å². The van der Waals surface area contributed by atoms with Gasteiger partial charge < -0.3 is 20.1 Å². The van der Waals surface area contributed by atoms with E-state index < -0.39 is 11.8 Å². The van der Waals surface area contributed by atoms with Gasteiger partial charge in [0.25, 0.3) is 0 Å². The predicted molar refractivity (Wildman–Crippen MR) is 63.3 cm³/mol. The molecule has 98 valence electrons. The molecule has 1 spiro atoms. The molecular formula is C12H22N2O3. The molecule has 2 aliphatic heterocycles. The molecule has 2 saturated heterocycles. The first-order valence-electron chi connectivity index (χ1n) is 6.40. The average molecular weight is 242 g/mol. The quantitative estimate of drug-likeness (QED) is 0.775. The lowest BCUT2D eigenvalue weighted by atomic mass is 9.99. The van der Waals surface area contributed by atoms with Gasteiger partial charge in [0.2, 0.25) is 5.91 Å². The Labute approximate surface area is 102 Å². The number of carbonyl (C=O) groups is 1. The van der Waals surface area contributed by atoms with Gasteiger partial charge in [-0.05, 0) is 5.92 Å². The van der Waals surface area contributed by atoms with Gasteiger partial charge in [-0.1, -0.05) is 20.3 Å². The molecular weight excluding hydrogens is 220 g/mol. The minimum absolute atomic E-state index is 0.0234. The summed E-state index contributed by atoms with van der Waals surface area (Å²) in [5.74, 6) is -0.301. The monoisotopic (exact) mass is 242 g/mol. The number of nitrogens with zero attached hydrogens (tertiary/aromatic N) is 1. The molecule has 5 heteroatoms. The highest BCUT2D eigenvalue weighted by Crippen LogP contribution is 2.30. The van der Waals surface area contributed by atoms with Gasteiger partial charge in [-0.2, -0.15) is 0 Å². The van der Waals surface area contributed by atoms with Gasteiger partial charge in [0.15, 0.2) is 5.79 Å². The van der Waals surface area contributed by atoms with Crippen LogP contribution >= 0.6 is 0 Å². The van der Waals surface area contributed by atoms with Crippen molar-refractivity contribution >= 4 is 5.91 Å². The zero-order chi connectivity index (χ0) is 12.5. The number of ether oxygens (including phenoxy) is 2. The molecule has 0 aromatic heterocycles. The largest absolute Gasteiger partial charge is 0.346 e. The first-order chi connectivity index (χ1) is 8.08. The van der Waals surface area contributed by atoms with Gasteiger partial charge in [-0.25, -0.2) is 0 Å². The maximum absolute atomic E-state index is 12.2. The van der Waals surface area contributed by atoms with Crippen LogP contribution in [0.2, 0.25) is 0 Å². The average Bonchev–Trinajstić information content (AvgIpc) is 2.97. The van der Waals surface area contributed by atoms with Crippen LogP contribution in [-0.2, 0) is 14.3 Å². The Hall–Kier alpha value is -0.650.